The van der Waals surface area contributed by atoms with E-state index < -0.39 is 33.5 Å². The number of rotatable bonds is 7. The SMILES string of the molecule is CC(C)(C)OC(=O)[C@H]1CC(C(=O)NCCS(=O)(=O)N2CCSCC2)=NN1c1ccccc1. The maximum absolute atomic E-state index is 12.8. The van der Waals surface area contributed by atoms with E-state index >= 15 is 0 Å². The molecule has 11 heteroatoms. The third-order valence-corrected chi connectivity index (χ3v) is 7.70. The molecule has 0 unspecified atom stereocenters. The van der Waals surface area contributed by atoms with Crippen molar-refractivity contribution < 1.29 is 22.7 Å². The smallest absolute Gasteiger partial charge is 0.331 e. The Balaban J connectivity index is 1.65. The number of anilines is 1. The summed E-state index contributed by atoms with van der Waals surface area (Å²) in [5.74, 6) is 0.433. The molecule has 1 N–H and O–H groups in total. The second-order valence-corrected chi connectivity index (χ2v) is 11.9. The van der Waals surface area contributed by atoms with Gasteiger partial charge in [-0.1, -0.05) is 18.2 Å². The lowest BCUT2D eigenvalue weighted by Crippen LogP contribution is -2.43. The van der Waals surface area contributed by atoms with Crippen molar-refractivity contribution in [3.63, 3.8) is 0 Å². The fourth-order valence-corrected chi connectivity index (χ4v) is 5.86. The first-order chi connectivity index (χ1) is 15.1. The molecule has 1 aromatic carbocycles. The summed E-state index contributed by atoms with van der Waals surface area (Å²) in [6, 6.07) is 8.31. The summed E-state index contributed by atoms with van der Waals surface area (Å²) in [5.41, 5.74) is 0.152. The van der Waals surface area contributed by atoms with Crippen molar-refractivity contribution >= 4 is 45.1 Å². The van der Waals surface area contributed by atoms with Gasteiger partial charge >= 0.3 is 5.97 Å². The van der Waals surface area contributed by atoms with Crippen LogP contribution in [0, 0.1) is 0 Å². The van der Waals surface area contributed by atoms with Crippen LogP contribution in [0.5, 0.6) is 0 Å². The minimum absolute atomic E-state index is 0.0216. The van der Waals surface area contributed by atoms with E-state index in [9.17, 15) is 18.0 Å². The first-order valence-corrected chi connectivity index (χ1v) is 13.3. The third-order valence-electron chi connectivity index (χ3n) is 4.88. The van der Waals surface area contributed by atoms with Crippen LogP contribution in [-0.2, 0) is 24.3 Å². The van der Waals surface area contributed by atoms with E-state index in [0.29, 0.717) is 18.8 Å². The number of amides is 1. The minimum atomic E-state index is -3.42. The number of nitrogens with zero attached hydrogens (tertiary/aromatic N) is 3. The van der Waals surface area contributed by atoms with E-state index in [1.165, 1.54) is 9.31 Å². The van der Waals surface area contributed by atoms with Crippen LogP contribution in [0.3, 0.4) is 0 Å². The third kappa shape index (κ3) is 6.46. The zero-order valence-corrected chi connectivity index (χ0v) is 20.2. The summed E-state index contributed by atoms with van der Waals surface area (Å²) in [4.78, 5) is 25.5. The molecule has 3 rings (SSSR count). The molecule has 2 aliphatic heterocycles. The van der Waals surface area contributed by atoms with Crippen molar-refractivity contribution in [3.8, 4) is 0 Å². The molecule has 1 aromatic rings. The molecule has 0 spiro atoms. The Morgan fingerprint density at radius 1 is 1.19 bits per heavy atom. The average molecular weight is 483 g/mol. The summed E-state index contributed by atoms with van der Waals surface area (Å²) < 4.78 is 31.9. The topological polar surface area (TPSA) is 108 Å². The van der Waals surface area contributed by atoms with Gasteiger partial charge in [0.05, 0.1) is 11.4 Å². The Hall–Kier alpha value is -2.11. The Kier molecular flexibility index (Phi) is 7.84. The fraction of sp³-hybridized carbons (Fsp3) is 0.571. The number of esters is 1. The van der Waals surface area contributed by atoms with Gasteiger partial charge in [-0.05, 0) is 32.9 Å². The standard InChI is InChI=1S/C21H30N4O5S2/c1-21(2,3)30-20(27)18-15-17(23-25(18)16-7-5-4-6-8-16)19(26)22-9-14-32(28,29)24-10-12-31-13-11-24/h4-8,18H,9-15H2,1-3H3,(H,22,26)/t18-/m1/s1. The molecule has 1 fully saturated rings. The Morgan fingerprint density at radius 2 is 1.84 bits per heavy atom. The molecule has 2 heterocycles. The predicted octanol–water partition coefficient (Wildman–Crippen LogP) is 1.46. The minimum Gasteiger partial charge on any atom is -0.458 e. The van der Waals surface area contributed by atoms with Crippen molar-refractivity contribution in [3.05, 3.63) is 30.3 Å². The molecule has 0 bridgehead atoms. The van der Waals surface area contributed by atoms with E-state index in [2.05, 4.69) is 10.4 Å². The zero-order chi connectivity index (χ0) is 23.4. The number of hydrazone groups is 1. The molecule has 1 atom stereocenters. The van der Waals surface area contributed by atoms with Crippen LogP contribution in [-0.4, -0.2) is 78.8 Å². The first kappa shape index (κ1) is 24.5. The molecule has 176 valence electrons. The molecule has 0 aromatic heterocycles. The number of hydrogen-bond acceptors (Lipinski definition) is 8. The molecule has 0 radical (unpaired) electrons. The summed E-state index contributed by atoms with van der Waals surface area (Å²) in [6.07, 6.45) is 0.0751. The van der Waals surface area contributed by atoms with Gasteiger partial charge in [0.1, 0.15) is 11.3 Å². The van der Waals surface area contributed by atoms with Crippen molar-refractivity contribution in [2.45, 2.75) is 38.8 Å². The lowest BCUT2D eigenvalue weighted by atomic mass is 10.1. The number of thioether (sulfide) groups is 1. The maximum atomic E-state index is 12.8. The summed E-state index contributed by atoms with van der Waals surface area (Å²) in [7, 11) is -3.42. The number of carbonyl (C=O) groups excluding carboxylic acids is 2. The van der Waals surface area contributed by atoms with E-state index in [1.54, 1.807) is 44.7 Å². The van der Waals surface area contributed by atoms with Gasteiger partial charge in [0.15, 0.2) is 6.04 Å². The zero-order valence-electron chi connectivity index (χ0n) is 18.6. The van der Waals surface area contributed by atoms with E-state index in [1.807, 2.05) is 18.2 Å². The Morgan fingerprint density at radius 3 is 2.47 bits per heavy atom. The van der Waals surface area contributed by atoms with Crippen LogP contribution in [0.25, 0.3) is 0 Å². The lowest BCUT2D eigenvalue weighted by Gasteiger charge is -2.26. The van der Waals surface area contributed by atoms with E-state index in [-0.39, 0.29) is 24.4 Å². The van der Waals surface area contributed by atoms with Crippen LogP contribution in [0.4, 0.5) is 5.69 Å². The molecule has 2 aliphatic rings. The van der Waals surface area contributed by atoms with Crippen LogP contribution >= 0.6 is 11.8 Å². The van der Waals surface area contributed by atoms with Crippen LogP contribution < -0.4 is 10.3 Å². The summed E-state index contributed by atoms with van der Waals surface area (Å²) in [6.45, 7) is 6.31. The highest BCUT2D eigenvalue weighted by Crippen LogP contribution is 2.26. The first-order valence-electron chi connectivity index (χ1n) is 10.6. The second-order valence-electron chi connectivity index (χ2n) is 8.56. The van der Waals surface area contributed by atoms with Gasteiger partial charge in [-0.15, -0.1) is 0 Å². The van der Waals surface area contributed by atoms with Crippen LogP contribution in [0.2, 0.25) is 0 Å². The number of carbonyl (C=O) groups is 2. The molecule has 0 aliphatic carbocycles. The fourth-order valence-electron chi connectivity index (χ4n) is 3.37. The van der Waals surface area contributed by atoms with Crippen molar-refractivity contribution in [1.82, 2.24) is 9.62 Å². The van der Waals surface area contributed by atoms with Crippen LogP contribution in [0.15, 0.2) is 35.4 Å². The van der Waals surface area contributed by atoms with Gasteiger partial charge in [0.25, 0.3) is 5.91 Å². The van der Waals surface area contributed by atoms with Gasteiger partial charge < -0.3 is 10.1 Å². The monoisotopic (exact) mass is 482 g/mol. The molecule has 1 amide bonds. The van der Waals surface area contributed by atoms with E-state index in [4.69, 9.17) is 4.74 Å². The highest BCUT2D eigenvalue weighted by atomic mass is 32.2. The molecular formula is C21H30N4O5S2. The summed E-state index contributed by atoms with van der Waals surface area (Å²) >= 11 is 1.73. The van der Waals surface area contributed by atoms with Gasteiger partial charge in [-0.25, -0.2) is 17.5 Å². The molecule has 9 nitrogen and oxygen atoms in total. The largest absolute Gasteiger partial charge is 0.458 e. The normalized spacial score (nSPS) is 20.0. The van der Waals surface area contributed by atoms with Crippen molar-refractivity contribution in [2.75, 3.05) is 41.9 Å². The number of para-hydroxylation sites is 1. The predicted molar refractivity (Wildman–Crippen MR) is 126 cm³/mol. The molecular weight excluding hydrogens is 452 g/mol. The van der Waals surface area contributed by atoms with Crippen molar-refractivity contribution in [2.24, 2.45) is 5.10 Å². The van der Waals surface area contributed by atoms with Crippen LogP contribution in [0.1, 0.15) is 27.2 Å². The number of ether oxygens (including phenoxy) is 1. The second kappa shape index (κ2) is 10.2. The van der Waals surface area contributed by atoms with Gasteiger partial charge in [0.2, 0.25) is 10.0 Å². The summed E-state index contributed by atoms with van der Waals surface area (Å²) in [5, 5.41) is 8.50. The van der Waals surface area contributed by atoms with E-state index in [0.717, 1.165) is 11.5 Å². The number of hydrogen-bond donors (Lipinski definition) is 1. The van der Waals surface area contributed by atoms with Crippen molar-refractivity contribution in [1.29, 1.82) is 0 Å². The van der Waals surface area contributed by atoms with Gasteiger partial charge in [-0.3, -0.25) is 9.80 Å². The quantitative estimate of drug-likeness (QED) is 0.586. The molecule has 1 saturated heterocycles. The maximum Gasteiger partial charge on any atom is 0.331 e. The Labute approximate surface area is 193 Å². The van der Waals surface area contributed by atoms with Gasteiger partial charge in [-0.2, -0.15) is 16.9 Å². The highest BCUT2D eigenvalue weighted by Gasteiger charge is 2.38. The molecule has 32 heavy (non-hydrogen) atoms. The number of benzene rings is 1. The average Bonchev–Trinajstić information content (AvgIpc) is 3.20. The number of sulfonamides is 1. The number of nitrogens with one attached hydrogen (secondary N) is 1. The highest BCUT2D eigenvalue weighted by molar-refractivity contribution is 7.99. The molecule has 0 saturated carbocycles. The lowest BCUT2D eigenvalue weighted by molar-refractivity contribution is -0.156. The Bertz CT molecular complexity index is 954. The van der Waals surface area contributed by atoms with Gasteiger partial charge in [0, 0.05) is 37.6 Å².